The molecule has 1 saturated heterocycles. The van der Waals surface area contributed by atoms with E-state index in [2.05, 4.69) is 24.3 Å². The maximum absolute atomic E-state index is 12.2. The molecule has 0 saturated carbocycles. The van der Waals surface area contributed by atoms with Gasteiger partial charge in [-0.15, -0.1) is 0 Å². The van der Waals surface area contributed by atoms with E-state index in [0.717, 1.165) is 31.1 Å². The molecule has 3 N–H and O–H groups in total. The number of carbonyl (C=O) groups is 1. The van der Waals surface area contributed by atoms with Crippen LogP contribution in [-0.4, -0.2) is 51.4 Å². The van der Waals surface area contributed by atoms with Crippen LogP contribution in [0.4, 0.5) is 13.2 Å². The minimum Gasteiger partial charge on any atom is -0.342 e. The highest BCUT2D eigenvalue weighted by Gasteiger charge is 2.33. The summed E-state index contributed by atoms with van der Waals surface area (Å²) < 4.78 is 36.7. The molecular formula is C21H26F3N3O+2. The van der Waals surface area contributed by atoms with Crippen molar-refractivity contribution in [2.24, 2.45) is 0 Å². The van der Waals surface area contributed by atoms with Gasteiger partial charge in [-0.25, -0.2) is 0 Å². The number of amides is 1. The second-order valence-electron chi connectivity index (χ2n) is 7.23. The van der Waals surface area contributed by atoms with Crippen molar-refractivity contribution in [1.29, 1.82) is 0 Å². The highest BCUT2D eigenvalue weighted by Crippen LogP contribution is 2.18. The number of hydrogen-bond acceptors (Lipinski definition) is 1. The Balaban J connectivity index is 1.61. The van der Waals surface area contributed by atoms with Crippen LogP contribution in [0.15, 0.2) is 60.7 Å². The first kappa shape index (κ1) is 20.4. The first-order valence-corrected chi connectivity index (χ1v) is 9.54. The van der Waals surface area contributed by atoms with E-state index in [1.807, 2.05) is 41.7 Å². The molecule has 150 valence electrons. The molecule has 0 unspecified atom stereocenters. The third kappa shape index (κ3) is 5.81. The molecule has 2 aromatic rings. The third-order valence-corrected chi connectivity index (χ3v) is 5.17. The zero-order valence-corrected chi connectivity index (χ0v) is 15.6. The van der Waals surface area contributed by atoms with Gasteiger partial charge in [0.15, 0.2) is 6.54 Å². The van der Waals surface area contributed by atoms with Gasteiger partial charge in [-0.3, -0.25) is 4.79 Å². The van der Waals surface area contributed by atoms with Gasteiger partial charge in [0.25, 0.3) is 5.91 Å². The predicted octanol–water partition coefficient (Wildman–Crippen LogP) is 0.238. The molecule has 1 aliphatic heterocycles. The minimum absolute atomic E-state index is 0.0880. The van der Waals surface area contributed by atoms with Gasteiger partial charge in [-0.1, -0.05) is 60.7 Å². The van der Waals surface area contributed by atoms with Crippen LogP contribution >= 0.6 is 0 Å². The van der Waals surface area contributed by atoms with Crippen molar-refractivity contribution in [1.82, 2.24) is 5.32 Å². The van der Waals surface area contributed by atoms with E-state index in [9.17, 15) is 18.0 Å². The SMILES string of the molecule is O=C(C[NH+]1CC[NH+](C(c2ccccc2)c2ccccc2)CC1)NCC(F)(F)F. The maximum atomic E-state index is 12.2. The van der Waals surface area contributed by atoms with E-state index in [-0.39, 0.29) is 12.6 Å². The average Bonchev–Trinajstić information content (AvgIpc) is 2.69. The number of piperazine rings is 1. The summed E-state index contributed by atoms with van der Waals surface area (Å²) in [6, 6.07) is 20.9. The molecule has 1 fully saturated rings. The Hall–Kier alpha value is -2.38. The fraction of sp³-hybridized carbons (Fsp3) is 0.381. The zero-order chi connectivity index (χ0) is 20.0. The van der Waals surface area contributed by atoms with E-state index in [0.29, 0.717) is 0 Å². The van der Waals surface area contributed by atoms with Crippen LogP contribution in [0.2, 0.25) is 0 Å². The van der Waals surface area contributed by atoms with Crippen LogP contribution in [0.3, 0.4) is 0 Å². The van der Waals surface area contributed by atoms with Crippen molar-refractivity contribution < 1.29 is 27.8 Å². The molecule has 0 radical (unpaired) electrons. The van der Waals surface area contributed by atoms with E-state index >= 15 is 0 Å². The van der Waals surface area contributed by atoms with Crippen LogP contribution in [0.1, 0.15) is 17.2 Å². The molecule has 0 bridgehead atoms. The lowest BCUT2D eigenvalue weighted by Gasteiger charge is -2.35. The standard InChI is InChI=1S/C21H24F3N3O/c22-21(23,24)16-25-19(28)15-26-11-13-27(14-12-26)20(17-7-3-1-4-8-17)18-9-5-2-6-10-18/h1-10,20H,11-16H2,(H,25,28)/p+2. The Kier molecular flexibility index (Phi) is 6.70. The van der Waals surface area contributed by atoms with E-state index in [1.54, 1.807) is 0 Å². The Morgan fingerprint density at radius 2 is 1.39 bits per heavy atom. The fourth-order valence-electron chi connectivity index (χ4n) is 3.83. The summed E-state index contributed by atoms with van der Waals surface area (Å²) in [5.41, 5.74) is 2.49. The summed E-state index contributed by atoms with van der Waals surface area (Å²) in [7, 11) is 0. The number of hydrogen-bond donors (Lipinski definition) is 3. The summed E-state index contributed by atoms with van der Waals surface area (Å²) in [5.74, 6) is -0.543. The van der Waals surface area contributed by atoms with Crippen LogP contribution in [0.25, 0.3) is 0 Å². The number of halogens is 3. The van der Waals surface area contributed by atoms with Gasteiger partial charge in [0, 0.05) is 11.1 Å². The van der Waals surface area contributed by atoms with Gasteiger partial charge in [0.05, 0.1) is 0 Å². The lowest BCUT2D eigenvalue weighted by Crippen LogP contribution is -3.28. The van der Waals surface area contributed by atoms with Gasteiger partial charge < -0.3 is 15.1 Å². The first-order chi connectivity index (χ1) is 13.4. The molecule has 3 rings (SSSR count). The topological polar surface area (TPSA) is 38.0 Å². The van der Waals surface area contributed by atoms with Gasteiger partial charge in [0.2, 0.25) is 0 Å². The number of nitrogens with one attached hydrogen (secondary N) is 3. The van der Waals surface area contributed by atoms with Crippen molar-refractivity contribution in [3.05, 3.63) is 71.8 Å². The molecule has 0 spiro atoms. The Labute approximate surface area is 162 Å². The van der Waals surface area contributed by atoms with Crippen LogP contribution < -0.4 is 15.1 Å². The second-order valence-corrected chi connectivity index (χ2v) is 7.23. The van der Waals surface area contributed by atoms with Gasteiger partial charge in [0.1, 0.15) is 38.8 Å². The first-order valence-electron chi connectivity index (χ1n) is 9.54. The summed E-state index contributed by atoms with van der Waals surface area (Å²) in [6.07, 6.45) is -4.37. The van der Waals surface area contributed by atoms with Crippen LogP contribution in [0.5, 0.6) is 0 Å². The lowest BCUT2D eigenvalue weighted by atomic mass is 9.96. The monoisotopic (exact) mass is 393 g/mol. The highest BCUT2D eigenvalue weighted by molar-refractivity contribution is 5.76. The summed E-state index contributed by atoms with van der Waals surface area (Å²) in [6.45, 7) is 2.05. The summed E-state index contributed by atoms with van der Waals surface area (Å²) in [4.78, 5) is 14.2. The average molecular weight is 393 g/mol. The van der Waals surface area contributed by atoms with Crippen LogP contribution in [-0.2, 0) is 4.79 Å². The zero-order valence-electron chi connectivity index (χ0n) is 15.6. The molecule has 4 nitrogen and oxygen atoms in total. The molecule has 2 aromatic carbocycles. The van der Waals surface area contributed by atoms with E-state index in [1.165, 1.54) is 16.0 Å². The Morgan fingerprint density at radius 3 is 1.86 bits per heavy atom. The summed E-state index contributed by atoms with van der Waals surface area (Å²) >= 11 is 0. The normalized spacial score (nSPS) is 20.1. The van der Waals surface area contributed by atoms with Crippen molar-refractivity contribution in [2.75, 3.05) is 39.3 Å². The molecule has 1 heterocycles. The van der Waals surface area contributed by atoms with Crippen LogP contribution in [0, 0.1) is 0 Å². The lowest BCUT2D eigenvalue weighted by molar-refractivity contribution is -1.02. The maximum Gasteiger partial charge on any atom is 0.405 e. The van der Waals surface area contributed by atoms with E-state index in [4.69, 9.17) is 0 Å². The van der Waals surface area contributed by atoms with Gasteiger partial charge in [-0.2, -0.15) is 13.2 Å². The minimum atomic E-state index is -4.37. The number of rotatable bonds is 6. The van der Waals surface area contributed by atoms with E-state index < -0.39 is 18.6 Å². The number of carbonyl (C=O) groups excluding carboxylic acids is 1. The predicted molar refractivity (Wildman–Crippen MR) is 100 cm³/mol. The molecule has 0 aromatic heterocycles. The highest BCUT2D eigenvalue weighted by atomic mass is 19.4. The van der Waals surface area contributed by atoms with Crippen molar-refractivity contribution in [3.63, 3.8) is 0 Å². The largest absolute Gasteiger partial charge is 0.405 e. The smallest absolute Gasteiger partial charge is 0.342 e. The van der Waals surface area contributed by atoms with Crippen molar-refractivity contribution in [3.8, 4) is 0 Å². The Morgan fingerprint density at radius 1 is 0.893 bits per heavy atom. The van der Waals surface area contributed by atoms with Gasteiger partial charge in [-0.05, 0) is 0 Å². The third-order valence-electron chi connectivity index (χ3n) is 5.17. The quantitative estimate of drug-likeness (QED) is 0.646. The molecule has 1 amide bonds. The molecule has 28 heavy (non-hydrogen) atoms. The molecule has 1 aliphatic rings. The number of alkyl halides is 3. The fourth-order valence-corrected chi connectivity index (χ4v) is 3.83. The second kappa shape index (κ2) is 9.21. The molecule has 0 atom stereocenters. The molecular weight excluding hydrogens is 367 g/mol. The Bertz CT molecular complexity index is 705. The summed E-state index contributed by atoms with van der Waals surface area (Å²) in [5, 5.41) is 1.96. The number of benzene rings is 2. The molecule has 7 heteroatoms. The molecule has 0 aliphatic carbocycles. The van der Waals surface area contributed by atoms with Gasteiger partial charge >= 0.3 is 6.18 Å². The van der Waals surface area contributed by atoms with Crippen molar-refractivity contribution >= 4 is 5.91 Å². The number of quaternary nitrogens is 2. The van der Waals surface area contributed by atoms with Crippen molar-refractivity contribution in [2.45, 2.75) is 12.2 Å².